The summed E-state index contributed by atoms with van der Waals surface area (Å²) < 4.78 is 42.9. The summed E-state index contributed by atoms with van der Waals surface area (Å²) in [7, 11) is 1.62. The smallest absolute Gasteiger partial charge is 0.320 e. The Morgan fingerprint density at radius 3 is 1.17 bits per heavy atom. The minimum atomic E-state index is -1.18. The van der Waals surface area contributed by atoms with Gasteiger partial charge in [-0.25, -0.2) is 0 Å². The minimum absolute atomic E-state index is 0.0588. The molecule has 1 heterocycles. The van der Waals surface area contributed by atoms with Gasteiger partial charge in [-0.15, -0.1) is 0 Å². The predicted molar refractivity (Wildman–Crippen MR) is 254 cm³/mol. The highest BCUT2D eigenvalue weighted by molar-refractivity contribution is 5.78. The van der Waals surface area contributed by atoms with E-state index >= 15 is 0 Å². The van der Waals surface area contributed by atoms with E-state index in [1.54, 1.807) is 26.7 Å². The molecule has 0 spiro atoms. The number of carbonyl (C=O) groups excluding carboxylic acids is 3. The average Bonchev–Trinajstić information content (AvgIpc) is 3.31. The van der Waals surface area contributed by atoms with Crippen LogP contribution in [0.25, 0.3) is 0 Å². The molecule has 1 fully saturated rings. The maximum atomic E-state index is 12.7. The lowest BCUT2D eigenvalue weighted by Crippen LogP contribution is -2.52. The van der Waals surface area contributed by atoms with Crippen LogP contribution in [0, 0.1) is 0 Å². The molecule has 0 aliphatic carbocycles. The maximum absolute atomic E-state index is 12.7. The van der Waals surface area contributed by atoms with Crippen molar-refractivity contribution in [2.75, 3.05) is 198 Å². The van der Waals surface area contributed by atoms with Gasteiger partial charge in [0.15, 0.2) is 0 Å². The Balaban J connectivity index is 2.13. The minimum Gasteiger partial charge on any atom is -0.480 e. The number of nitrogens with zero attached hydrogens (tertiary/aromatic N) is 4. The number of carboxylic acids is 4. The number of hydrogen-bond donors (Lipinski definition) is 7. The second-order valence-corrected chi connectivity index (χ2v) is 16.3. The van der Waals surface area contributed by atoms with E-state index in [1.807, 2.05) is 0 Å². The molecule has 412 valence electrons. The van der Waals surface area contributed by atoms with Crippen molar-refractivity contribution in [2.24, 2.45) is 0 Å². The molecule has 1 saturated heterocycles. The quantitative estimate of drug-likeness (QED) is 0.0317. The zero-order chi connectivity index (χ0) is 52.2. The van der Waals surface area contributed by atoms with Crippen LogP contribution in [0.4, 0.5) is 0 Å². The molecule has 0 aromatic carbocycles. The van der Waals surface area contributed by atoms with Gasteiger partial charge in [-0.05, 0) is 19.3 Å². The van der Waals surface area contributed by atoms with Crippen molar-refractivity contribution in [3.8, 4) is 0 Å². The van der Waals surface area contributed by atoms with E-state index in [4.69, 9.17) is 37.9 Å². The Kier molecular flexibility index (Phi) is 40.6. The fraction of sp³-hybridized carbons (Fsp3) is 0.844. The van der Waals surface area contributed by atoms with Crippen LogP contribution in [-0.2, 0) is 71.5 Å². The summed E-state index contributed by atoms with van der Waals surface area (Å²) in [5.74, 6) is -5.04. The van der Waals surface area contributed by atoms with E-state index in [1.165, 1.54) is 0 Å². The van der Waals surface area contributed by atoms with E-state index in [-0.39, 0.29) is 136 Å². The number of ether oxygens (including phenoxy) is 8. The van der Waals surface area contributed by atoms with Gasteiger partial charge in [0.2, 0.25) is 17.7 Å². The summed E-state index contributed by atoms with van der Waals surface area (Å²) in [5, 5.41) is 46.8. The van der Waals surface area contributed by atoms with E-state index in [0.29, 0.717) is 98.6 Å². The van der Waals surface area contributed by atoms with Crippen molar-refractivity contribution >= 4 is 41.6 Å². The number of methoxy groups -OCH3 is 1. The van der Waals surface area contributed by atoms with E-state index < -0.39 is 35.8 Å². The second-order valence-electron chi connectivity index (χ2n) is 16.3. The standard InChI is InChI=1S/C45H83N7O19/c1-64-23-24-68-29-30-70-33-34-71-32-31-69-28-25-65-20-8-41(55)46-9-4-2-3-5-39(53)47-10-21-66-26-27-67-22-11-48-40(54)7-6-38(45(62)63)52-18-16-50(36-43(58)59)14-12-49(35-42(56)57)13-15-51(17-19-52)37-44(60)61/h38H,2-37H2,1H3,(H,46,55)(H,47,53)(H,48,54)(H,56,57)(H,58,59)(H,60,61)(H,62,63). The van der Waals surface area contributed by atoms with Crippen molar-refractivity contribution in [1.29, 1.82) is 0 Å². The van der Waals surface area contributed by atoms with Gasteiger partial charge in [-0.2, -0.15) is 0 Å². The highest BCUT2D eigenvalue weighted by Gasteiger charge is 2.28. The fourth-order valence-corrected chi connectivity index (χ4v) is 6.86. The monoisotopic (exact) mass is 1030 g/mol. The molecule has 26 nitrogen and oxygen atoms in total. The van der Waals surface area contributed by atoms with E-state index in [9.17, 15) is 54.0 Å². The fourth-order valence-electron chi connectivity index (χ4n) is 6.86. The molecule has 1 aliphatic rings. The number of carboxylic acid groups (broad SMARTS) is 4. The molecular weight excluding hydrogens is 943 g/mol. The Hall–Kier alpha value is -4.19. The van der Waals surface area contributed by atoms with Crippen molar-refractivity contribution in [2.45, 2.75) is 51.0 Å². The SMILES string of the molecule is COCCOCCOCCOCCOCCOCCC(=O)NCCCCCC(=O)NCCOCCOCCNC(=O)CCC(C(=O)O)N1CCN(CC(=O)O)CCN(CC(=O)O)CCN(CC(=O)O)CC1. The number of amides is 3. The number of hydrogen-bond acceptors (Lipinski definition) is 19. The first-order valence-corrected chi connectivity index (χ1v) is 24.4. The predicted octanol–water partition coefficient (Wildman–Crippen LogP) is -2.24. The summed E-state index contributed by atoms with van der Waals surface area (Å²) >= 11 is 0. The largest absolute Gasteiger partial charge is 0.480 e. The van der Waals surface area contributed by atoms with Crippen LogP contribution in [0.1, 0.15) is 44.9 Å². The maximum Gasteiger partial charge on any atom is 0.320 e. The summed E-state index contributed by atoms with van der Waals surface area (Å²) in [4.78, 5) is 90.3. The lowest BCUT2D eigenvalue weighted by molar-refractivity contribution is -0.145. The van der Waals surface area contributed by atoms with Gasteiger partial charge in [0.25, 0.3) is 0 Å². The summed E-state index contributed by atoms with van der Waals surface area (Å²) in [6.07, 6.45) is 2.64. The molecule has 0 aromatic heterocycles. The number of carbonyl (C=O) groups is 7. The van der Waals surface area contributed by atoms with Gasteiger partial charge < -0.3 is 74.3 Å². The molecule has 0 bridgehead atoms. The Labute approximate surface area is 417 Å². The van der Waals surface area contributed by atoms with Crippen LogP contribution in [-0.4, -0.2) is 286 Å². The van der Waals surface area contributed by atoms with Crippen LogP contribution in [0.3, 0.4) is 0 Å². The average molecular weight is 1030 g/mol. The van der Waals surface area contributed by atoms with Crippen molar-refractivity contribution in [3.63, 3.8) is 0 Å². The molecule has 7 N–H and O–H groups in total. The van der Waals surface area contributed by atoms with Gasteiger partial charge in [0, 0.05) is 98.4 Å². The molecule has 26 heteroatoms. The molecule has 1 aliphatic heterocycles. The molecular formula is C45H83N7O19. The molecule has 0 aromatic rings. The van der Waals surface area contributed by atoms with Crippen LogP contribution >= 0.6 is 0 Å². The third kappa shape index (κ3) is 40.0. The van der Waals surface area contributed by atoms with Gasteiger partial charge in [-0.3, -0.25) is 53.2 Å². The molecule has 71 heavy (non-hydrogen) atoms. The number of unbranched alkanes of at least 4 members (excludes halogenated alkanes) is 2. The molecule has 1 unspecified atom stereocenters. The topological polar surface area (TPSA) is 323 Å². The lowest BCUT2D eigenvalue weighted by atomic mass is 10.1. The highest BCUT2D eigenvalue weighted by atomic mass is 16.6. The highest BCUT2D eigenvalue weighted by Crippen LogP contribution is 2.11. The van der Waals surface area contributed by atoms with Crippen molar-refractivity contribution in [3.05, 3.63) is 0 Å². The van der Waals surface area contributed by atoms with Crippen LogP contribution in [0.5, 0.6) is 0 Å². The Morgan fingerprint density at radius 1 is 0.408 bits per heavy atom. The summed E-state index contributed by atoms with van der Waals surface area (Å²) in [6.45, 7) is 7.35. The molecule has 3 amide bonds. The Morgan fingerprint density at radius 2 is 0.761 bits per heavy atom. The van der Waals surface area contributed by atoms with Crippen molar-refractivity contribution < 1.29 is 91.9 Å². The zero-order valence-corrected chi connectivity index (χ0v) is 41.7. The molecule has 1 rings (SSSR count). The van der Waals surface area contributed by atoms with Gasteiger partial charge in [-0.1, -0.05) is 6.42 Å². The van der Waals surface area contributed by atoms with E-state index in [0.717, 1.165) is 12.8 Å². The Bertz CT molecular complexity index is 1420. The normalized spacial score (nSPS) is 15.1. The van der Waals surface area contributed by atoms with Crippen LogP contribution in [0.2, 0.25) is 0 Å². The first kappa shape index (κ1) is 64.8. The van der Waals surface area contributed by atoms with Crippen molar-refractivity contribution in [1.82, 2.24) is 35.6 Å². The van der Waals surface area contributed by atoms with E-state index in [2.05, 4.69) is 16.0 Å². The van der Waals surface area contributed by atoms with Gasteiger partial charge in [0.05, 0.1) is 119 Å². The third-order valence-electron chi connectivity index (χ3n) is 10.6. The summed E-state index contributed by atoms with van der Waals surface area (Å²) in [5.41, 5.74) is 0. The van der Waals surface area contributed by atoms with Crippen LogP contribution in [0.15, 0.2) is 0 Å². The third-order valence-corrected chi connectivity index (χ3v) is 10.6. The number of nitrogens with one attached hydrogen (secondary N) is 3. The second kappa shape index (κ2) is 44.5. The summed E-state index contributed by atoms with van der Waals surface area (Å²) in [6, 6.07) is -1.12. The lowest BCUT2D eigenvalue weighted by Gasteiger charge is -2.35. The van der Waals surface area contributed by atoms with Gasteiger partial charge >= 0.3 is 23.9 Å². The molecule has 0 saturated carbocycles. The molecule has 1 atom stereocenters. The first-order chi connectivity index (χ1) is 34.3. The van der Waals surface area contributed by atoms with Crippen LogP contribution < -0.4 is 16.0 Å². The molecule has 0 radical (unpaired) electrons. The number of rotatable bonds is 44. The van der Waals surface area contributed by atoms with Gasteiger partial charge in [0.1, 0.15) is 6.04 Å². The zero-order valence-electron chi connectivity index (χ0n) is 41.7. The number of aliphatic carboxylic acids is 4. The first-order valence-electron chi connectivity index (χ1n) is 24.4.